The molecule has 2 nitrogen and oxygen atoms in total. The lowest BCUT2D eigenvalue weighted by atomic mass is 10.0. The van der Waals surface area contributed by atoms with Gasteiger partial charge in [-0.25, -0.2) is 0 Å². The van der Waals surface area contributed by atoms with Crippen LogP contribution < -0.4 is 0 Å². The van der Waals surface area contributed by atoms with Crippen molar-refractivity contribution in [3.05, 3.63) is 0 Å². The summed E-state index contributed by atoms with van der Waals surface area (Å²) in [6.07, 6.45) is 4.72. The maximum atomic E-state index is 5.31. The zero-order chi connectivity index (χ0) is 5.14. The number of epoxide rings is 2. The predicted molar refractivity (Wildman–Crippen MR) is 26.6 cm³/mol. The van der Waals surface area contributed by atoms with Crippen molar-refractivity contribution in [2.75, 3.05) is 0 Å². The van der Waals surface area contributed by atoms with Crippen LogP contribution in [0.2, 0.25) is 0 Å². The molecule has 0 N–H and O–H groups in total. The summed E-state index contributed by atoms with van der Waals surface area (Å²) < 4.78 is 10.6. The summed E-state index contributed by atoms with van der Waals surface area (Å²) in [5.41, 5.74) is 0. The Morgan fingerprint density at radius 2 is 1.38 bits per heavy atom. The van der Waals surface area contributed by atoms with E-state index >= 15 is 0 Å². The average Bonchev–Trinajstić information content (AvgIpc) is 2.59. The molecular weight excluding hydrogens is 104 g/mol. The van der Waals surface area contributed by atoms with Gasteiger partial charge in [-0.05, 0) is 12.8 Å². The maximum absolute atomic E-state index is 5.31. The highest BCUT2D eigenvalue weighted by Gasteiger charge is 2.60. The molecule has 0 aromatic rings. The molecule has 1 aliphatic carbocycles. The Bertz CT molecular complexity index is 118. The second-order valence-electron chi connectivity index (χ2n) is 2.86. The topological polar surface area (TPSA) is 25.1 Å². The Morgan fingerprint density at radius 1 is 0.875 bits per heavy atom. The quantitative estimate of drug-likeness (QED) is 0.421. The fourth-order valence-electron chi connectivity index (χ4n) is 1.68. The van der Waals surface area contributed by atoms with E-state index in [2.05, 4.69) is 0 Å². The van der Waals surface area contributed by atoms with Crippen molar-refractivity contribution >= 4 is 0 Å². The predicted octanol–water partition coefficient (Wildman–Crippen LogP) is 0.315. The van der Waals surface area contributed by atoms with Crippen LogP contribution >= 0.6 is 0 Å². The summed E-state index contributed by atoms with van der Waals surface area (Å²) in [6, 6.07) is 0. The molecule has 0 spiro atoms. The number of hydrogen-bond donors (Lipinski definition) is 0. The molecule has 0 bridgehead atoms. The van der Waals surface area contributed by atoms with Gasteiger partial charge in [0.25, 0.3) is 0 Å². The third-order valence-electron chi connectivity index (χ3n) is 2.30. The van der Waals surface area contributed by atoms with Crippen molar-refractivity contribution in [2.24, 2.45) is 0 Å². The smallest absolute Gasteiger partial charge is 0.113 e. The minimum atomic E-state index is 0.522. The summed E-state index contributed by atoms with van der Waals surface area (Å²) in [6.45, 7) is 0. The van der Waals surface area contributed by atoms with Crippen LogP contribution in [0, 0.1) is 0 Å². The first-order valence-corrected chi connectivity index (χ1v) is 3.26. The average molecular weight is 112 g/mol. The lowest BCUT2D eigenvalue weighted by molar-refractivity contribution is 0.290. The van der Waals surface area contributed by atoms with Gasteiger partial charge in [0.2, 0.25) is 0 Å². The van der Waals surface area contributed by atoms with Gasteiger partial charge in [0, 0.05) is 0 Å². The first-order valence-electron chi connectivity index (χ1n) is 3.26. The molecular formula is C6H8O2. The van der Waals surface area contributed by atoms with Gasteiger partial charge in [0.1, 0.15) is 12.2 Å². The van der Waals surface area contributed by atoms with Crippen molar-refractivity contribution in [3.8, 4) is 0 Å². The van der Waals surface area contributed by atoms with Crippen molar-refractivity contribution in [1.82, 2.24) is 0 Å². The van der Waals surface area contributed by atoms with Crippen LogP contribution in [0.4, 0.5) is 0 Å². The largest absolute Gasteiger partial charge is 0.367 e. The molecule has 0 amide bonds. The molecule has 0 radical (unpaired) electrons. The van der Waals surface area contributed by atoms with E-state index in [1.165, 1.54) is 12.8 Å². The van der Waals surface area contributed by atoms with Crippen LogP contribution in [0.15, 0.2) is 0 Å². The van der Waals surface area contributed by atoms with E-state index in [0.717, 1.165) is 0 Å². The van der Waals surface area contributed by atoms with Crippen LogP contribution in [0.25, 0.3) is 0 Å². The van der Waals surface area contributed by atoms with Gasteiger partial charge in [-0.2, -0.15) is 0 Å². The van der Waals surface area contributed by atoms with Crippen LogP contribution in [-0.4, -0.2) is 24.4 Å². The third kappa shape index (κ3) is 0.327. The lowest BCUT2D eigenvalue weighted by Gasteiger charge is -1.94. The molecule has 2 heterocycles. The molecule has 0 unspecified atom stereocenters. The third-order valence-corrected chi connectivity index (χ3v) is 2.30. The van der Waals surface area contributed by atoms with Gasteiger partial charge in [-0.15, -0.1) is 0 Å². The van der Waals surface area contributed by atoms with Gasteiger partial charge in [0.05, 0.1) is 12.2 Å². The molecule has 4 atom stereocenters. The summed E-state index contributed by atoms with van der Waals surface area (Å²) in [5.74, 6) is 0. The molecule has 2 aliphatic heterocycles. The van der Waals surface area contributed by atoms with Crippen LogP contribution in [0.5, 0.6) is 0 Å². The van der Waals surface area contributed by atoms with E-state index in [1.54, 1.807) is 0 Å². The molecule has 0 aromatic carbocycles. The molecule has 8 heavy (non-hydrogen) atoms. The zero-order valence-electron chi connectivity index (χ0n) is 4.54. The van der Waals surface area contributed by atoms with E-state index in [-0.39, 0.29) is 0 Å². The number of fused-ring (bicyclic) bond motifs is 3. The van der Waals surface area contributed by atoms with E-state index < -0.39 is 0 Å². The Morgan fingerprint density at radius 3 is 1.88 bits per heavy atom. The van der Waals surface area contributed by atoms with E-state index in [4.69, 9.17) is 9.47 Å². The summed E-state index contributed by atoms with van der Waals surface area (Å²) >= 11 is 0. The molecule has 1 saturated carbocycles. The Kier molecular flexibility index (Phi) is 0.461. The zero-order valence-corrected chi connectivity index (χ0v) is 4.54. The van der Waals surface area contributed by atoms with Crippen molar-refractivity contribution in [1.29, 1.82) is 0 Å². The minimum absolute atomic E-state index is 0.522. The van der Waals surface area contributed by atoms with Gasteiger partial charge >= 0.3 is 0 Å². The Hall–Kier alpha value is -0.0800. The first kappa shape index (κ1) is 3.85. The van der Waals surface area contributed by atoms with Gasteiger partial charge in [-0.1, -0.05) is 0 Å². The second kappa shape index (κ2) is 0.957. The number of hydrogen-bond acceptors (Lipinski definition) is 2. The van der Waals surface area contributed by atoms with Gasteiger partial charge in [0.15, 0.2) is 0 Å². The summed E-state index contributed by atoms with van der Waals surface area (Å²) in [5, 5.41) is 0. The standard InChI is InChI=1S/C6H8O2/c1-2-4-6(8-4)5-3(1)7-5/h3-6H,1-2H2/t3-,4-,5-,6-/m1/s1. The number of rotatable bonds is 0. The van der Waals surface area contributed by atoms with Gasteiger partial charge < -0.3 is 9.47 Å². The minimum Gasteiger partial charge on any atom is -0.367 e. The highest BCUT2D eigenvalue weighted by atomic mass is 16.7. The highest BCUT2D eigenvalue weighted by Crippen LogP contribution is 2.47. The fourth-order valence-corrected chi connectivity index (χ4v) is 1.68. The lowest BCUT2D eigenvalue weighted by Crippen LogP contribution is -2.11. The van der Waals surface area contributed by atoms with Crippen molar-refractivity contribution in [2.45, 2.75) is 37.3 Å². The maximum Gasteiger partial charge on any atom is 0.113 e. The molecule has 0 aromatic heterocycles. The molecule has 44 valence electrons. The molecule has 3 fully saturated rings. The van der Waals surface area contributed by atoms with Gasteiger partial charge in [-0.3, -0.25) is 0 Å². The van der Waals surface area contributed by atoms with Crippen molar-refractivity contribution in [3.63, 3.8) is 0 Å². The van der Waals surface area contributed by atoms with Crippen molar-refractivity contribution < 1.29 is 9.47 Å². The monoisotopic (exact) mass is 112 g/mol. The first-order chi connectivity index (χ1) is 3.95. The Balaban J connectivity index is 1.89. The van der Waals surface area contributed by atoms with Crippen LogP contribution in [0.3, 0.4) is 0 Å². The van der Waals surface area contributed by atoms with E-state index in [0.29, 0.717) is 24.4 Å². The van der Waals surface area contributed by atoms with E-state index in [9.17, 15) is 0 Å². The number of ether oxygens (including phenoxy) is 2. The fraction of sp³-hybridized carbons (Fsp3) is 1.00. The normalized spacial score (nSPS) is 66.0. The second-order valence-corrected chi connectivity index (χ2v) is 2.86. The summed E-state index contributed by atoms with van der Waals surface area (Å²) in [7, 11) is 0. The SMILES string of the molecule is C1C[C@H]2O[C@H]2[C@@H]2O[C@H]12. The molecule has 3 aliphatic rings. The molecule has 2 saturated heterocycles. The van der Waals surface area contributed by atoms with Crippen LogP contribution in [-0.2, 0) is 9.47 Å². The molecule has 2 heteroatoms. The van der Waals surface area contributed by atoms with Crippen LogP contribution in [0.1, 0.15) is 12.8 Å². The molecule has 3 rings (SSSR count). The van der Waals surface area contributed by atoms with E-state index in [1.807, 2.05) is 0 Å². The highest BCUT2D eigenvalue weighted by molar-refractivity contribution is 5.07. The summed E-state index contributed by atoms with van der Waals surface area (Å²) in [4.78, 5) is 0. The Labute approximate surface area is 47.8 Å².